The second-order valence-electron chi connectivity index (χ2n) is 7.61. The molecule has 0 radical (unpaired) electrons. The molecule has 148 valence electrons. The molecule has 0 spiro atoms. The Morgan fingerprint density at radius 1 is 1.18 bits per heavy atom. The third-order valence-electron chi connectivity index (χ3n) is 5.73. The van der Waals surface area contributed by atoms with Gasteiger partial charge in [-0.05, 0) is 44.9 Å². The zero-order valence-electron chi connectivity index (χ0n) is 16.3. The maximum Gasteiger partial charge on any atom is 0.223 e. The van der Waals surface area contributed by atoms with Gasteiger partial charge in [0.1, 0.15) is 24.3 Å². The molecule has 0 saturated carbocycles. The van der Waals surface area contributed by atoms with Gasteiger partial charge >= 0.3 is 0 Å². The highest BCUT2D eigenvalue weighted by molar-refractivity contribution is 5.79. The van der Waals surface area contributed by atoms with Gasteiger partial charge in [0.05, 0.1) is 0 Å². The summed E-state index contributed by atoms with van der Waals surface area (Å²) in [5.41, 5.74) is 1.51. The first-order valence-electron chi connectivity index (χ1n) is 10.3. The zero-order valence-corrected chi connectivity index (χ0v) is 16.3. The van der Waals surface area contributed by atoms with E-state index in [9.17, 15) is 4.79 Å². The molecule has 0 atom stereocenters. The maximum absolute atomic E-state index is 12.5. The lowest BCUT2D eigenvalue weighted by molar-refractivity contribution is -0.125. The first kappa shape index (κ1) is 18.7. The van der Waals surface area contributed by atoms with Crippen molar-refractivity contribution in [3.63, 3.8) is 0 Å². The largest absolute Gasteiger partial charge is 0.356 e. The highest BCUT2D eigenvalue weighted by Gasteiger charge is 2.25. The number of carbonyl (C=O) groups excluding carboxylic acids is 1. The van der Waals surface area contributed by atoms with E-state index < -0.39 is 0 Å². The smallest absolute Gasteiger partial charge is 0.223 e. The van der Waals surface area contributed by atoms with Gasteiger partial charge in [0, 0.05) is 44.0 Å². The SMILES string of the molecule is O=C(NCCC1=CCCCC1)C1CCN(c2cc(-n3ccnc3)ncn2)CC1. The van der Waals surface area contributed by atoms with Gasteiger partial charge in [-0.1, -0.05) is 11.6 Å². The van der Waals surface area contributed by atoms with Crippen molar-refractivity contribution in [3.8, 4) is 5.82 Å². The van der Waals surface area contributed by atoms with Gasteiger partial charge in [-0.15, -0.1) is 0 Å². The Hall–Kier alpha value is -2.70. The van der Waals surface area contributed by atoms with Crippen LogP contribution in [-0.2, 0) is 4.79 Å². The fraction of sp³-hybridized carbons (Fsp3) is 0.524. The minimum Gasteiger partial charge on any atom is -0.356 e. The predicted octanol–water partition coefficient (Wildman–Crippen LogP) is 2.89. The third kappa shape index (κ3) is 4.58. The van der Waals surface area contributed by atoms with Gasteiger partial charge in [-0.25, -0.2) is 15.0 Å². The van der Waals surface area contributed by atoms with Gasteiger partial charge in [-0.3, -0.25) is 9.36 Å². The summed E-state index contributed by atoms with van der Waals surface area (Å²) in [5.74, 6) is 2.02. The molecule has 2 aromatic rings. The lowest BCUT2D eigenvalue weighted by atomic mass is 9.95. The molecule has 1 N–H and O–H groups in total. The average Bonchev–Trinajstić information content (AvgIpc) is 3.30. The molecule has 4 rings (SSSR count). The molecular weight excluding hydrogens is 352 g/mol. The molecule has 7 nitrogen and oxygen atoms in total. The third-order valence-corrected chi connectivity index (χ3v) is 5.73. The molecule has 1 saturated heterocycles. The van der Waals surface area contributed by atoms with Crippen LogP contribution in [0.3, 0.4) is 0 Å². The van der Waals surface area contributed by atoms with E-state index in [4.69, 9.17) is 0 Å². The van der Waals surface area contributed by atoms with E-state index in [1.54, 1.807) is 18.9 Å². The summed E-state index contributed by atoms with van der Waals surface area (Å²) in [5, 5.41) is 3.15. The van der Waals surface area contributed by atoms with E-state index in [1.165, 1.54) is 31.3 Å². The summed E-state index contributed by atoms with van der Waals surface area (Å²) >= 11 is 0. The van der Waals surface area contributed by atoms with Gasteiger partial charge in [0.2, 0.25) is 5.91 Å². The van der Waals surface area contributed by atoms with Crippen LogP contribution < -0.4 is 10.2 Å². The summed E-state index contributed by atoms with van der Waals surface area (Å²) < 4.78 is 1.87. The van der Waals surface area contributed by atoms with Crippen molar-refractivity contribution >= 4 is 11.7 Å². The van der Waals surface area contributed by atoms with Crippen molar-refractivity contribution in [2.45, 2.75) is 44.9 Å². The quantitative estimate of drug-likeness (QED) is 0.780. The molecule has 1 aliphatic carbocycles. The Kier molecular flexibility index (Phi) is 5.99. The number of amides is 1. The van der Waals surface area contributed by atoms with Crippen molar-refractivity contribution in [2.75, 3.05) is 24.5 Å². The second kappa shape index (κ2) is 8.99. The lowest BCUT2D eigenvalue weighted by Crippen LogP contribution is -2.41. The van der Waals surface area contributed by atoms with Gasteiger partial charge in [0.15, 0.2) is 0 Å². The molecule has 1 amide bonds. The Bertz CT molecular complexity index is 808. The summed E-state index contributed by atoms with van der Waals surface area (Å²) in [7, 11) is 0. The van der Waals surface area contributed by atoms with Crippen LogP contribution in [0.5, 0.6) is 0 Å². The first-order chi connectivity index (χ1) is 13.8. The number of imidazole rings is 1. The number of aromatic nitrogens is 4. The number of anilines is 1. The number of nitrogens with zero attached hydrogens (tertiary/aromatic N) is 5. The molecule has 7 heteroatoms. The average molecular weight is 380 g/mol. The molecular formula is C21H28N6O. The normalized spacial score (nSPS) is 18.0. The lowest BCUT2D eigenvalue weighted by Gasteiger charge is -2.32. The van der Waals surface area contributed by atoms with Crippen LogP contribution in [0.15, 0.2) is 42.8 Å². The second-order valence-corrected chi connectivity index (χ2v) is 7.61. The highest BCUT2D eigenvalue weighted by atomic mass is 16.1. The molecule has 1 aliphatic heterocycles. The molecule has 2 aromatic heterocycles. The summed E-state index contributed by atoms with van der Waals surface area (Å²) in [6.07, 6.45) is 17.0. The summed E-state index contributed by atoms with van der Waals surface area (Å²) in [6, 6.07) is 1.97. The van der Waals surface area contributed by atoms with Crippen LogP contribution in [0.4, 0.5) is 5.82 Å². The number of nitrogens with one attached hydrogen (secondary N) is 1. The molecule has 0 aromatic carbocycles. The molecule has 28 heavy (non-hydrogen) atoms. The number of hydrogen-bond acceptors (Lipinski definition) is 5. The number of rotatable bonds is 6. The fourth-order valence-electron chi connectivity index (χ4n) is 4.04. The Labute approximate surface area is 165 Å². The van der Waals surface area contributed by atoms with E-state index in [1.807, 2.05) is 16.8 Å². The predicted molar refractivity (Wildman–Crippen MR) is 108 cm³/mol. The van der Waals surface area contributed by atoms with Crippen LogP contribution >= 0.6 is 0 Å². The fourth-order valence-corrected chi connectivity index (χ4v) is 4.04. The number of carbonyl (C=O) groups is 1. The minimum absolute atomic E-state index is 0.103. The Balaban J connectivity index is 1.26. The van der Waals surface area contributed by atoms with Crippen LogP contribution in [0, 0.1) is 5.92 Å². The van der Waals surface area contributed by atoms with E-state index in [0.717, 1.165) is 50.5 Å². The van der Waals surface area contributed by atoms with Gasteiger partial charge in [-0.2, -0.15) is 0 Å². The summed E-state index contributed by atoms with van der Waals surface area (Å²) in [6.45, 7) is 2.44. The van der Waals surface area contributed by atoms with E-state index in [-0.39, 0.29) is 11.8 Å². The van der Waals surface area contributed by atoms with Crippen LogP contribution in [0.2, 0.25) is 0 Å². The van der Waals surface area contributed by atoms with Crippen molar-refractivity contribution in [3.05, 3.63) is 42.8 Å². The van der Waals surface area contributed by atoms with E-state index >= 15 is 0 Å². The first-order valence-corrected chi connectivity index (χ1v) is 10.3. The monoisotopic (exact) mass is 380 g/mol. The zero-order chi connectivity index (χ0) is 19.2. The molecule has 2 aliphatic rings. The molecule has 3 heterocycles. The van der Waals surface area contributed by atoms with Crippen LogP contribution in [0.1, 0.15) is 44.9 Å². The minimum atomic E-state index is 0.103. The summed E-state index contributed by atoms with van der Waals surface area (Å²) in [4.78, 5) is 27.5. The van der Waals surface area contributed by atoms with Crippen LogP contribution in [0.25, 0.3) is 5.82 Å². The van der Waals surface area contributed by atoms with Crippen LogP contribution in [-0.4, -0.2) is 45.1 Å². The topological polar surface area (TPSA) is 75.9 Å². The highest BCUT2D eigenvalue weighted by Crippen LogP contribution is 2.23. The van der Waals surface area contributed by atoms with E-state index in [0.29, 0.717) is 0 Å². The number of allylic oxidation sites excluding steroid dienone is 1. The van der Waals surface area contributed by atoms with Crippen molar-refractivity contribution in [1.29, 1.82) is 0 Å². The van der Waals surface area contributed by atoms with Crippen molar-refractivity contribution in [1.82, 2.24) is 24.8 Å². The Morgan fingerprint density at radius 3 is 2.79 bits per heavy atom. The van der Waals surface area contributed by atoms with Gasteiger partial charge in [0.25, 0.3) is 0 Å². The Morgan fingerprint density at radius 2 is 2.04 bits per heavy atom. The van der Waals surface area contributed by atoms with E-state index in [2.05, 4.69) is 31.2 Å². The molecule has 1 fully saturated rings. The maximum atomic E-state index is 12.5. The number of hydrogen-bond donors (Lipinski definition) is 1. The standard InChI is InChI=1S/C21H28N6O/c28-21(23-9-6-17-4-2-1-3-5-17)18-7-11-26(12-8-18)19-14-20(25-15-24-19)27-13-10-22-16-27/h4,10,13-16,18H,1-3,5-9,11-12H2,(H,23,28). The molecule has 0 bridgehead atoms. The molecule has 0 unspecified atom stereocenters. The van der Waals surface area contributed by atoms with Gasteiger partial charge < -0.3 is 10.2 Å². The van der Waals surface area contributed by atoms with Crippen molar-refractivity contribution in [2.24, 2.45) is 5.92 Å². The van der Waals surface area contributed by atoms with Crippen molar-refractivity contribution < 1.29 is 4.79 Å². The number of piperidine rings is 1.